The molecule has 1 heterocycles. The van der Waals surface area contributed by atoms with Crippen LogP contribution in [-0.4, -0.2) is 31.9 Å². The van der Waals surface area contributed by atoms with Crippen LogP contribution in [0.3, 0.4) is 0 Å². The molecule has 27 heavy (non-hydrogen) atoms. The maximum atomic E-state index is 12.0. The second kappa shape index (κ2) is 8.93. The van der Waals surface area contributed by atoms with Crippen LogP contribution in [0, 0.1) is 0 Å². The number of carbonyl (C=O) groups excluding carboxylic acids is 2. The van der Waals surface area contributed by atoms with Gasteiger partial charge in [0.15, 0.2) is 18.1 Å². The Labute approximate surface area is 157 Å². The topological polar surface area (TPSA) is 83.1 Å². The van der Waals surface area contributed by atoms with Crippen LogP contribution >= 0.6 is 0 Å². The van der Waals surface area contributed by atoms with Crippen molar-refractivity contribution in [1.29, 1.82) is 0 Å². The second-order valence-electron chi connectivity index (χ2n) is 5.92. The van der Waals surface area contributed by atoms with Crippen molar-refractivity contribution in [2.75, 3.05) is 25.3 Å². The van der Waals surface area contributed by atoms with Crippen LogP contribution in [0.1, 0.15) is 30.1 Å². The molecule has 0 bridgehead atoms. The van der Waals surface area contributed by atoms with E-state index in [9.17, 15) is 9.59 Å². The fourth-order valence-electron chi connectivity index (χ4n) is 2.40. The quantitative estimate of drug-likeness (QED) is 0.566. The third-order valence-corrected chi connectivity index (χ3v) is 3.85. The van der Waals surface area contributed by atoms with Gasteiger partial charge in [-0.25, -0.2) is 4.79 Å². The first-order valence-electron chi connectivity index (χ1n) is 8.75. The first-order valence-corrected chi connectivity index (χ1v) is 8.75. The van der Waals surface area contributed by atoms with Crippen LogP contribution in [0.5, 0.6) is 17.2 Å². The van der Waals surface area contributed by atoms with Crippen LogP contribution in [-0.2, 0) is 9.53 Å². The van der Waals surface area contributed by atoms with Crippen molar-refractivity contribution in [2.24, 2.45) is 0 Å². The highest BCUT2D eigenvalue weighted by molar-refractivity contribution is 5.92. The molecule has 1 N–H and O–H groups in total. The zero-order valence-electron chi connectivity index (χ0n) is 15.0. The monoisotopic (exact) mass is 371 g/mol. The maximum absolute atomic E-state index is 12.0. The molecule has 7 nitrogen and oxygen atoms in total. The Morgan fingerprint density at radius 1 is 1.07 bits per heavy atom. The van der Waals surface area contributed by atoms with E-state index in [1.54, 1.807) is 42.5 Å². The number of ether oxygens (including phenoxy) is 4. The summed E-state index contributed by atoms with van der Waals surface area (Å²) in [7, 11) is 0. The van der Waals surface area contributed by atoms with Gasteiger partial charge in [-0.1, -0.05) is 13.3 Å². The van der Waals surface area contributed by atoms with Gasteiger partial charge in [0.1, 0.15) is 5.75 Å². The summed E-state index contributed by atoms with van der Waals surface area (Å²) in [6, 6.07) is 11.6. The van der Waals surface area contributed by atoms with Crippen molar-refractivity contribution in [3.8, 4) is 17.2 Å². The summed E-state index contributed by atoms with van der Waals surface area (Å²) in [5.74, 6) is 1.06. The van der Waals surface area contributed by atoms with Crippen molar-refractivity contribution < 1.29 is 28.5 Å². The third-order valence-electron chi connectivity index (χ3n) is 3.85. The van der Waals surface area contributed by atoms with Gasteiger partial charge in [-0.15, -0.1) is 0 Å². The lowest BCUT2D eigenvalue weighted by Gasteiger charge is -2.09. The van der Waals surface area contributed by atoms with Gasteiger partial charge < -0.3 is 24.3 Å². The Morgan fingerprint density at radius 2 is 1.85 bits per heavy atom. The van der Waals surface area contributed by atoms with Gasteiger partial charge in [0.2, 0.25) is 6.79 Å². The van der Waals surface area contributed by atoms with Crippen LogP contribution in [0.2, 0.25) is 0 Å². The van der Waals surface area contributed by atoms with Crippen molar-refractivity contribution in [1.82, 2.24) is 0 Å². The minimum atomic E-state index is -0.365. The largest absolute Gasteiger partial charge is 0.484 e. The van der Waals surface area contributed by atoms with Crippen molar-refractivity contribution in [3.05, 3.63) is 48.0 Å². The molecule has 2 aromatic rings. The molecule has 7 heteroatoms. The molecule has 0 saturated heterocycles. The summed E-state index contributed by atoms with van der Waals surface area (Å²) in [6.45, 7) is 2.46. The summed E-state index contributed by atoms with van der Waals surface area (Å²) in [5.41, 5.74) is 1.04. The number of unbranched alkanes of at least 4 members (excludes halogenated alkanes) is 1. The molecule has 142 valence electrons. The highest BCUT2D eigenvalue weighted by atomic mass is 16.7. The number of amides is 1. The first kappa shape index (κ1) is 18.6. The molecule has 0 saturated carbocycles. The number of benzene rings is 2. The normalized spacial score (nSPS) is 11.7. The van der Waals surface area contributed by atoms with E-state index in [1.807, 2.05) is 6.92 Å². The van der Waals surface area contributed by atoms with Crippen molar-refractivity contribution in [3.63, 3.8) is 0 Å². The van der Waals surface area contributed by atoms with Gasteiger partial charge in [0, 0.05) is 11.8 Å². The number of hydrogen-bond acceptors (Lipinski definition) is 6. The summed E-state index contributed by atoms with van der Waals surface area (Å²) < 4.78 is 21.1. The van der Waals surface area contributed by atoms with E-state index in [-0.39, 0.29) is 25.3 Å². The predicted octanol–water partition coefficient (Wildman–Crippen LogP) is 3.39. The minimum Gasteiger partial charge on any atom is -0.484 e. The van der Waals surface area contributed by atoms with Gasteiger partial charge in [-0.3, -0.25) is 4.79 Å². The average Bonchev–Trinajstić information content (AvgIpc) is 3.15. The number of esters is 1. The van der Waals surface area contributed by atoms with Crippen molar-refractivity contribution in [2.45, 2.75) is 19.8 Å². The molecule has 1 aliphatic rings. The van der Waals surface area contributed by atoms with Crippen molar-refractivity contribution >= 4 is 17.6 Å². The number of carbonyl (C=O) groups is 2. The summed E-state index contributed by atoms with van der Waals surface area (Å²) in [6.07, 6.45) is 1.81. The first-order chi connectivity index (χ1) is 13.2. The van der Waals surface area contributed by atoms with E-state index in [1.165, 1.54) is 0 Å². The lowest BCUT2D eigenvalue weighted by atomic mass is 10.2. The molecule has 0 aromatic heterocycles. The highest BCUT2D eigenvalue weighted by Crippen LogP contribution is 2.34. The summed E-state index contributed by atoms with van der Waals surface area (Å²) >= 11 is 0. The van der Waals surface area contributed by atoms with Gasteiger partial charge >= 0.3 is 5.97 Å². The third kappa shape index (κ3) is 5.13. The Balaban J connectivity index is 1.46. The molecule has 0 atom stereocenters. The minimum absolute atomic E-state index is 0.158. The molecule has 1 amide bonds. The van der Waals surface area contributed by atoms with Gasteiger partial charge in [0.25, 0.3) is 5.91 Å². The van der Waals surface area contributed by atoms with Gasteiger partial charge in [0.05, 0.1) is 12.2 Å². The molecule has 0 unspecified atom stereocenters. The van der Waals surface area contributed by atoms with E-state index in [0.717, 1.165) is 12.8 Å². The van der Waals surface area contributed by atoms with E-state index in [4.69, 9.17) is 18.9 Å². The second-order valence-corrected chi connectivity index (χ2v) is 5.92. The zero-order chi connectivity index (χ0) is 19.1. The predicted molar refractivity (Wildman–Crippen MR) is 98.3 cm³/mol. The van der Waals surface area contributed by atoms with E-state index in [0.29, 0.717) is 35.1 Å². The van der Waals surface area contributed by atoms with Gasteiger partial charge in [-0.2, -0.15) is 0 Å². The van der Waals surface area contributed by atoms with Crippen LogP contribution < -0.4 is 19.5 Å². The molecule has 3 rings (SSSR count). The molecular formula is C20H21NO6. The Kier molecular flexibility index (Phi) is 6.14. The molecule has 1 aliphatic heterocycles. The van der Waals surface area contributed by atoms with Gasteiger partial charge in [-0.05, 0) is 42.8 Å². The Hall–Kier alpha value is -3.22. The van der Waals surface area contributed by atoms with Crippen LogP contribution in [0.25, 0.3) is 0 Å². The van der Waals surface area contributed by atoms with E-state index < -0.39 is 0 Å². The lowest BCUT2D eigenvalue weighted by molar-refractivity contribution is -0.118. The fraction of sp³-hybridized carbons (Fsp3) is 0.300. The van der Waals surface area contributed by atoms with Crippen LogP contribution in [0.4, 0.5) is 5.69 Å². The number of nitrogens with one attached hydrogen (secondary N) is 1. The Bertz CT molecular complexity index is 803. The number of hydrogen-bond donors (Lipinski definition) is 1. The standard InChI is InChI=1S/C20H21NO6/c1-2-3-10-24-20(23)14-4-7-16(8-5-14)25-12-19(22)21-15-6-9-17-18(11-15)27-13-26-17/h4-9,11H,2-3,10,12-13H2,1H3,(H,21,22). The number of fused-ring (bicyclic) bond motifs is 1. The average molecular weight is 371 g/mol. The van der Waals surface area contributed by atoms with E-state index in [2.05, 4.69) is 5.32 Å². The maximum Gasteiger partial charge on any atom is 0.338 e. The number of rotatable bonds is 8. The number of anilines is 1. The molecule has 0 spiro atoms. The van der Waals surface area contributed by atoms with E-state index >= 15 is 0 Å². The Morgan fingerprint density at radius 3 is 2.63 bits per heavy atom. The summed E-state index contributed by atoms with van der Waals surface area (Å²) in [4.78, 5) is 23.9. The molecular weight excluding hydrogens is 350 g/mol. The molecule has 0 radical (unpaired) electrons. The molecule has 2 aromatic carbocycles. The molecule has 0 aliphatic carbocycles. The smallest absolute Gasteiger partial charge is 0.338 e. The molecule has 0 fully saturated rings. The highest BCUT2D eigenvalue weighted by Gasteiger charge is 2.14. The van der Waals surface area contributed by atoms with Crippen LogP contribution in [0.15, 0.2) is 42.5 Å². The fourth-order valence-corrected chi connectivity index (χ4v) is 2.40. The SMILES string of the molecule is CCCCOC(=O)c1ccc(OCC(=O)Nc2ccc3c(c2)OCO3)cc1. The summed E-state index contributed by atoms with van der Waals surface area (Å²) in [5, 5.41) is 2.73. The zero-order valence-corrected chi connectivity index (χ0v) is 15.0. The lowest BCUT2D eigenvalue weighted by Crippen LogP contribution is -2.20.